The van der Waals surface area contributed by atoms with E-state index in [-0.39, 0.29) is 17.7 Å². The second-order valence-corrected chi connectivity index (χ2v) is 8.19. The first-order valence-corrected chi connectivity index (χ1v) is 9.02. The maximum Gasteiger partial charge on any atom is 0.214 e. The van der Waals surface area contributed by atoms with E-state index < -0.39 is 10.0 Å². The first-order valence-electron chi connectivity index (χ1n) is 7.41. The van der Waals surface area contributed by atoms with E-state index in [4.69, 9.17) is 4.74 Å². The molecule has 0 radical (unpaired) electrons. The molecule has 8 nitrogen and oxygen atoms in total. The quantitative estimate of drug-likeness (QED) is 0.864. The number of sulfonamides is 1. The number of hydrogen-bond donors (Lipinski definition) is 1. The number of H-pyrrole nitrogens is 1. The number of aromatic nitrogens is 4. The topological polar surface area (TPSA) is 93.1 Å². The van der Waals surface area contributed by atoms with Gasteiger partial charge in [0.05, 0.1) is 31.3 Å². The average molecular weight is 339 g/mol. The summed E-state index contributed by atoms with van der Waals surface area (Å²) < 4.78 is 33.2. The summed E-state index contributed by atoms with van der Waals surface area (Å²) in [4.78, 5) is 11.7. The third kappa shape index (κ3) is 3.04. The molecule has 3 rings (SSSR count). The highest BCUT2D eigenvalue weighted by Gasteiger charge is 2.35. The maximum atomic E-state index is 12.2. The smallest absolute Gasteiger partial charge is 0.214 e. The average Bonchev–Trinajstić information content (AvgIpc) is 3.17. The van der Waals surface area contributed by atoms with Crippen LogP contribution < -0.4 is 0 Å². The summed E-state index contributed by atoms with van der Waals surface area (Å²) in [5.74, 6) is 0.670. The van der Waals surface area contributed by atoms with Crippen LogP contribution in [0.5, 0.6) is 0 Å². The van der Waals surface area contributed by atoms with Gasteiger partial charge in [-0.3, -0.25) is 0 Å². The summed E-state index contributed by atoms with van der Waals surface area (Å²) in [5.41, 5.74) is 1.70. The van der Waals surface area contributed by atoms with E-state index in [0.717, 1.165) is 17.2 Å². The summed E-state index contributed by atoms with van der Waals surface area (Å²) in [5, 5.41) is 0. The Morgan fingerprint density at radius 2 is 2.17 bits per heavy atom. The Labute approximate surface area is 135 Å². The predicted molar refractivity (Wildman–Crippen MR) is 85.4 cm³/mol. The minimum absolute atomic E-state index is 0.0574. The lowest BCUT2D eigenvalue weighted by molar-refractivity contribution is 0.182. The molecule has 2 aromatic rings. The number of aromatic amines is 1. The number of ether oxygens (including phenoxy) is 1. The van der Waals surface area contributed by atoms with Crippen molar-refractivity contribution >= 4 is 10.0 Å². The first-order chi connectivity index (χ1) is 10.9. The monoisotopic (exact) mass is 339 g/mol. The zero-order chi connectivity index (χ0) is 16.6. The number of imidazole rings is 2. The molecule has 1 fully saturated rings. The Balaban J connectivity index is 1.90. The molecule has 0 bridgehead atoms. The summed E-state index contributed by atoms with van der Waals surface area (Å²) in [7, 11) is -0.180. The molecule has 23 heavy (non-hydrogen) atoms. The number of nitrogens with zero attached hydrogens (tertiary/aromatic N) is 4. The third-order valence-corrected chi connectivity index (χ3v) is 6.18. The van der Waals surface area contributed by atoms with Crippen molar-refractivity contribution in [2.45, 2.75) is 13.0 Å². The lowest BCUT2D eigenvalue weighted by Crippen LogP contribution is -2.32. The van der Waals surface area contributed by atoms with E-state index in [1.807, 2.05) is 17.7 Å². The molecular weight excluding hydrogens is 318 g/mol. The zero-order valence-corrected chi connectivity index (χ0v) is 14.2. The molecule has 1 saturated heterocycles. The molecule has 0 aliphatic carbocycles. The molecule has 2 aromatic heterocycles. The molecule has 0 saturated carbocycles. The van der Waals surface area contributed by atoms with Crippen LogP contribution in [0.25, 0.3) is 11.5 Å². The highest BCUT2D eigenvalue weighted by Crippen LogP contribution is 2.31. The van der Waals surface area contributed by atoms with Crippen LogP contribution in [0.4, 0.5) is 0 Å². The SMILES string of the molecule is Cc1[nH]cnc1-c1nccn1[C@@H]1COC[C@@H]1CS(=O)(=O)N(C)C. The molecule has 1 aliphatic rings. The summed E-state index contributed by atoms with van der Waals surface area (Å²) in [6.07, 6.45) is 5.19. The van der Waals surface area contributed by atoms with E-state index in [2.05, 4.69) is 15.0 Å². The van der Waals surface area contributed by atoms with Gasteiger partial charge in [-0.05, 0) is 6.92 Å². The Morgan fingerprint density at radius 3 is 2.83 bits per heavy atom. The van der Waals surface area contributed by atoms with Crippen molar-refractivity contribution < 1.29 is 13.2 Å². The van der Waals surface area contributed by atoms with Gasteiger partial charge in [-0.25, -0.2) is 22.7 Å². The van der Waals surface area contributed by atoms with Gasteiger partial charge < -0.3 is 14.3 Å². The van der Waals surface area contributed by atoms with Crippen LogP contribution in [-0.2, 0) is 14.8 Å². The minimum atomic E-state index is -3.28. The van der Waals surface area contributed by atoms with E-state index in [1.165, 1.54) is 4.31 Å². The van der Waals surface area contributed by atoms with Crippen molar-refractivity contribution in [2.24, 2.45) is 5.92 Å². The molecular formula is C14H21N5O3S. The predicted octanol–water partition coefficient (Wildman–Crippen LogP) is 0.661. The van der Waals surface area contributed by atoms with Crippen molar-refractivity contribution in [1.82, 2.24) is 23.8 Å². The van der Waals surface area contributed by atoms with Crippen LogP contribution in [0.2, 0.25) is 0 Å². The van der Waals surface area contributed by atoms with E-state index in [1.54, 1.807) is 26.6 Å². The lowest BCUT2D eigenvalue weighted by atomic mass is 10.1. The third-order valence-electron chi connectivity index (χ3n) is 4.21. The second kappa shape index (κ2) is 6.06. The molecule has 0 unspecified atom stereocenters. The van der Waals surface area contributed by atoms with Gasteiger partial charge in [0, 0.05) is 38.1 Å². The first kappa shape index (κ1) is 16.2. The number of rotatable bonds is 5. The molecule has 126 valence electrons. The maximum absolute atomic E-state index is 12.2. The highest BCUT2D eigenvalue weighted by atomic mass is 32.2. The van der Waals surface area contributed by atoms with Crippen molar-refractivity contribution in [2.75, 3.05) is 33.1 Å². The number of aryl methyl sites for hydroxylation is 1. The van der Waals surface area contributed by atoms with E-state index in [9.17, 15) is 8.42 Å². The molecule has 0 spiro atoms. The number of hydrogen-bond acceptors (Lipinski definition) is 5. The fraction of sp³-hybridized carbons (Fsp3) is 0.571. The van der Waals surface area contributed by atoms with E-state index in [0.29, 0.717) is 13.2 Å². The highest BCUT2D eigenvalue weighted by molar-refractivity contribution is 7.89. The van der Waals surface area contributed by atoms with Crippen molar-refractivity contribution in [3.8, 4) is 11.5 Å². The summed E-state index contributed by atoms with van der Waals surface area (Å²) >= 11 is 0. The van der Waals surface area contributed by atoms with Gasteiger partial charge in [0.2, 0.25) is 10.0 Å². The Morgan fingerprint density at radius 1 is 1.39 bits per heavy atom. The summed E-state index contributed by atoms with van der Waals surface area (Å²) in [6, 6.07) is -0.0710. The standard InChI is InChI=1S/C14H21N5O3S/c1-10-13(17-9-16-10)14-15-4-5-19(14)12-7-22-6-11(12)8-23(20,21)18(2)3/h4-5,9,11-12H,6-8H2,1-3H3,(H,16,17)/t11-,12-/m1/s1. The molecule has 1 N–H and O–H groups in total. The minimum Gasteiger partial charge on any atom is -0.379 e. The lowest BCUT2D eigenvalue weighted by Gasteiger charge is -2.22. The van der Waals surface area contributed by atoms with E-state index >= 15 is 0 Å². The van der Waals surface area contributed by atoms with Crippen LogP contribution in [0.3, 0.4) is 0 Å². The zero-order valence-electron chi connectivity index (χ0n) is 13.4. The van der Waals surface area contributed by atoms with Crippen LogP contribution in [0.1, 0.15) is 11.7 Å². The van der Waals surface area contributed by atoms with Crippen LogP contribution in [0, 0.1) is 12.8 Å². The van der Waals surface area contributed by atoms with Crippen LogP contribution in [-0.4, -0.2) is 65.3 Å². The van der Waals surface area contributed by atoms with Crippen molar-refractivity contribution in [3.05, 3.63) is 24.4 Å². The Hall–Kier alpha value is -1.71. The van der Waals surface area contributed by atoms with Gasteiger partial charge in [-0.2, -0.15) is 0 Å². The largest absolute Gasteiger partial charge is 0.379 e. The fourth-order valence-corrected chi connectivity index (χ4v) is 3.98. The van der Waals surface area contributed by atoms with Gasteiger partial charge >= 0.3 is 0 Å². The van der Waals surface area contributed by atoms with Gasteiger partial charge in [0.25, 0.3) is 0 Å². The van der Waals surface area contributed by atoms with Crippen LogP contribution in [0.15, 0.2) is 18.7 Å². The molecule has 9 heteroatoms. The normalized spacial score (nSPS) is 22.1. The van der Waals surface area contributed by atoms with Crippen LogP contribution >= 0.6 is 0 Å². The fourth-order valence-electron chi connectivity index (χ4n) is 2.82. The molecule has 3 heterocycles. The van der Waals surface area contributed by atoms with Gasteiger partial charge in [-0.1, -0.05) is 0 Å². The van der Waals surface area contributed by atoms with Gasteiger partial charge in [0.1, 0.15) is 5.69 Å². The van der Waals surface area contributed by atoms with Crippen molar-refractivity contribution in [3.63, 3.8) is 0 Å². The molecule has 2 atom stereocenters. The molecule has 1 aliphatic heterocycles. The second-order valence-electron chi connectivity index (χ2n) is 5.96. The van der Waals surface area contributed by atoms with Gasteiger partial charge in [0.15, 0.2) is 5.82 Å². The molecule has 0 amide bonds. The Kier molecular flexibility index (Phi) is 4.26. The van der Waals surface area contributed by atoms with Crippen molar-refractivity contribution in [1.29, 1.82) is 0 Å². The summed E-state index contributed by atoms with van der Waals surface area (Å²) in [6.45, 7) is 2.83. The Bertz CT molecular complexity index is 780. The number of nitrogens with one attached hydrogen (secondary N) is 1. The van der Waals surface area contributed by atoms with Gasteiger partial charge in [-0.15, -0.1) is 0 Å². The molecule has 0 aromatic carbocycles.